The second kappa shape index (κ2) is 7.32. The van der Waals surface area contributed by atoms with Crippen LogP contribution in [0.4, 0.5) is 0 Å². The van der Waals surface area contributed by atoms with Gasteiger partial charge < -0.3 is 0 Å². The number of para-hydroxylation sites is 2. The van der Waals surface area contributed by atoms with Crippen LogP contribution in [-0.4, -0.2) is 40.0 Å². The molecule has 3 aromatic heterocycles. The molecular formula is C22H18N8. The summed E-state index contributed by atoms with van der Waals surface area (Å²) in [6, 6.07) is 19.8. The molecular weight excluding hydrogens is 376 g/mol. The molecule has 5 aromatic rings. The minimum absolute atomic E-state index is 0.659. The quantitative estimate of drug-likeness (QED) is 0.463. The third-order valence-corrected chi connectivity index (χ3v) is 4.93. The number of aromatic nitrogens is 8. The molecule has 8 heteroatoms. The summed E-state index contributed by atoms with van der Waals surface area (Å²) in [6.45, 7) is 3.93. The van der Waals surface area contributed by atoms with Crippen molar-refractivity contribution in [3.8, 4) is 34.2 Å². The molecule has 30 heavy (non-hydrogen) atoms. The van der Waals surface area contributed by atoms with Gasteiger partial charge in [-0.2, -0.15) is 0 Å². The Labute approximate surface area is 172 Å². The molecule has 0 N–H and O–H groups in total. The molecule has 8 nitrogen and oxygen atoms in total. The van der Waals surface area contributed by atoms with Gasteiger partial charge in [-0.05, 0) is 38.1 Å². The summed E-state index contributed by atoms with van der Waals surface area (Å²) in [4.78, 5) is 9.12. The smallest absolute Gasteiger partial charge is 0.136 e. The van der Waals surface area contributed by atoms with Gasteiger partial charge in [-0.1, -0.05) is 46.8 Å². The third-order valence-electron chi connectivity index (χ3n) is 4.93. The zero-order valence-electron chi connectivity index (χ0n) is 16.5. The van der Waals surface area contributed by atoms with E-state index in [0.29, 0.717) is 22.8 Å². The van der Waals surface area contributed by atoms with Gasteiger partial charge in [0.1, 0.15) is 22.8 Å². The van der Waals surface area contributed by atoms with E-state index in [2.05, 4.69) is 30.6 Å². The molecule has 0 amide bonds. The molecule has 0 saturated heterocycles. The van der Waals surface area contributed by atoms with Gasteiger partial charge in [0.05, 0.1) is 35.2 Å². The van der Waals surface area contributed by atoms with Crippen LogP contribution in [0.5, 0.6) is 0 Å². The Kier molecular flexibility index (Phi) is 4.36. The fourth-order valence-electron chi connectivity index (χ4n) is 3.33. The predicted molar refractivity (Wildman–Crippen MR) is 112 cm³/mol. The van der Waals surface area contributed by atoms with Crippen LogP contribution in [-0.2, 0) is 0 Å². The van der Waals surface area contributed by atoms with Crippen molar-refractivity contribution in [3.05, 3.63) is 84.4 Å². The van der Waals surface area contributed by atoms with Gasteiger partial charge in [-0.25, -0.2) is 9.36 Å². The van der Waals surface area contributed by atoms with Crippen molar-refractivity contribution in [2.75, 3.05) is 0 Å². The van der Waals surface area contributed by atoms with E-state index in [4.69, 9.17) is 0 Å². The molecule has 0 aliphatic heterocycles. The first-order valence-electron chi connectivity index (χ1n) is 9.50. The average Bonchev–Trinajstić information content (AvgIpc) is 3.38. The zero-order valence-corrected chi connectivity index (χ0v) is 16.5. The molecule has 5 rings (SSSR count). The van der Waals surface area contributed by atoms with E-state index >= 15 is 0 Å². The van der Waals surface area contributed by atoms with Gasteiger partial charge in [-0.15, -0.1) is 10.2 Å². The van der Waals surface area contributed by atoms with Crippen LogP contribution in [0.3, 0.4) is 0 Å². The maximum atomic E-state index is 4.56. The number of nitrogens with zero attached hydrogens (tertiary/aromatic N) is 8. The van der Waals surface area contributed by atoms with Crippen molar-refractivity contribution < 1.29 is 0 Å². The molecule has 3 heterocycles. The zero-order chi connectivity index (χ0) is 20.5. The van der Waals surface area contributed by atoms with Crippen LogP contribution < -0.4 is 0 Å². The molecule has 0 spiro atoms. The topological polar surface area (TPSA) is 87.2 Å². The molecule has 0 aliphatic carbocycles. The Morgan fingerprint density at radius 2 is 0.967 bits per heavy atom. The first-order chi connectivity index (χ1) is 14.7. The largest absolute Gasteiger partial charge is 0.250 e. The Morgan fingerprint density at radius 3 is 1.33 bits per heavy atom. The lowest BCUT2D eigenvalue weighted by Gasteiger charge is -2.04. The predicted octanol–water partition coefficient (Wildman–Crippen LogP) is 3.59. The maximum absolute atomic E-state index is 4.56. The molecule has 0 saturated carbocycles. The number of rotatable bonds is 4. The molecule has 0 bridgehead atoms. The molecule has 0 aliphatic rings. The lowest BCUT2D eigenvalue weighted by atomic mass is 10.2. The summed E-state index contributed by atoms with van der Waals surface area (Å²) < 4.78 is 3.58. The average molecular weight is 394 g/mol. The van der Waals surface area contributed by atoms with Crippen molar-refractivity contribution in [3.63, 3.8) is 0 Å². The lowest BCUT2D eigenvalue weighted by Crippen LogP contribution is -1.99. The second-order valence-corrected chi connectivity index (χ2v) is 6.83. The fourth-order valence-corrected chi connectivity index (χ4v) is 3.33. The fraction of sp³-hybridized carbons (Fsp3) is 0.0909. The van der Waals surface area contributed by atoms with Crippen LogP contribution in [0, 0.1) is 13.8 Å². The second-order valence-electron chi connectivity index (χ2n) is 6.83. The Morgan fingerprint density at radius 1 is 0.567 bits per heavy atom. The minimum atomic E-state index is 0.659. The van der Waals surface area contributed by atoms with E-state index in [1.54, 1.807) is 21.8 Å². The highest BCUT2D eigenvalue weighted by atomic mass is 15.4. The molecule has 0 unspecified atom stereocenters. The van der Waals surface area contributed by atoms with Crippen molar-refractivity contribution in [1.29, 1.82) is 0 Å². The minimum Gasteiger partial charge on any atom is -0.250 e. The van der Waals surface area contributed by atoms with Crippen molar-refractivity contribution in [2.45, 2.75) is 13.8 Å². The van der Waals surface area contributed by atoms with Crippen molar-refractivity contribution >= 4 is 0 Å². The summed E-state index contributed by atoms with van der Waals surface area (Å²) in [7, 11) is 0. The molecule has 2 aromatic carbocycles. The SMILES string of the molecule is Cc1c(-c2cnc(-c3nnn(-c4ccccc4)c3C)cn2)nnn1-c1ccccc1. The lowest BCUT2D eigenvalue weighted by molar-refractivity contribution is 0.785. The van der Waals surface area contributed by atoms with E-state index in [1.165, 1.54) is 0 Å². The van der Waals surface area contributed by atoms with E-state index in [1.807, 2.05) is 74.5 Å². The third kappa shape index (κ3) is 3.04. The highest BCUT2D eigenvalue weighted by molar-refractivity contribution is 5.61. The van der Waals surface area contributed by atoms with Gasteiger partial charge in [0.25, 0.3) is 0 Å². The van der Waals surface area contributed by atoms with Crippen LogP contribution in [0.1, 0.15) is 11.4 Å². The van der Waals surface area contributed by atoms with Crippen molar-refractivity contribution in [2.24, 2.45) is 0 Å². The van der Waals surface area contributed by atoms with E-state index in [0.717, 1.165) is 22.8 Å². The Hall–Kier alpha value is -4.20. The van der Waals surface area contributed by atoms with E-state index < -0.39 is 0 Å². The van der Waals surface area contributed by atoms with Crippen LogP contribution in [0.25, 0.3) is 34.2 Å². The highest BCUT2D eigenvalue weighted by Crippen LogP contribution is 2.24. The van der Waals surface area contributed by atoms with Gasteiger partial charge in [0, 0.05) is 0 Å². The monoisotopic (exact) mass is 394 g/mol. The van der Waals surface area contributed by atoms with Crippen LogP contribution in [0.15, 0.2) is 73.1 Å². The summed E-state index contributed by atoms with van der Waals surface area (Å²) in [5.41, 5.74) is 6.41. The summed E-state index contributed by atoms with van der Waals surface area (Å²) in [5.74, 6) is 0. The van der Waals surface area contributed by atoms with E-state index in [-0.39, 0.29) is 0 Å². The molecule has 0 atom stereocenters. The number of hydrogen-bond acceptors (Lipinski definition) is 6. The van der Waals surface area contributed by atoms with Crippen molar-refractivity contribution in [1.82, 2.24) is 40.0 Å². The normalized spacial score (nSPS) is 11.0. The molecule has 146 valence electrons. The first-order valence-corrected chi connectivity index (χ1v) is 9.50. The van der Waals surface area contributed by atoms with Gasteiger partial charge >= 0.3 is 0 Å². The highest BCUT2D eigenvalue weighted by Gasteiger charge is 2.16. The summed E-state index contributed by atoms with van der Waals surface area (Å²) in [6.07, 6.45) is 3.39. The molecule has 0 fully saturated rings. The Balaban J connectivity index is 1.46. The number of hydrogen-bond donors (Lipinski definition) is 0. The van der Waals surface area contributed by atoms with Crippen LogP contribution in [0.2, 0.25) is 0 Å². The van der Waals surface area contributed by atoms with Crippen LogP contribution >= 0.6 is 0 Å². The van der Waals surface area contributed by atoms with Gasteiger partial charge in [0.2, 0.25) is 0 Å². The molecule has 0 radical (unpaired) electrons. The Bertz CT molecular complexity index is 1190. The van der Waals surface area contributed by atoms with Gasteiger partial charge in [-0.3, -0.25) is 9.97 Å². The number of benzene rings is 2. The summed E-state index contributed by atoms with van der Waals surface area (Å²) in [5, 5.41) is 17.1. The summed E-state index contributed by atoms with van der Waals surface area (Å²) >= 11 is 0. The van der Waals surface area contributed by atoms with E-state index in [9.17, 15) is 0 Å². The van der Waals surface area contributed by atoms with Gasteiger partial charge in [0.15, 0.2) is 0 Å². The standard InChI is InChI=1S/C22H18N8/c1-15-21(25-27-29(15)17-9-5-3-6-10-17)19-13-24-20(14-23-19)22-16(2)30(28-26-22)18-11-7-4-8-12-18/h3-14H,1-2H3. The first kappa shape index (κ1) is 17.9. The maximum Gasteiger partial charge on any atom is 0.136 e.